The molecule has 1 heterocycles. The molecule has 0 bridgehead atoms. The van der Waals surface area contributed by atoms with E-state index in [9.17, 15) is 19.2 Å². The van der Waals surface area contributed by atoms with Crippen LogP contribution < -0.4 is 145 Å². The maximum atomic E-state index is 11.2. The van der Waals surface area contributed by atoms with Crippen LogP contribution in [-0.2, 0) is 55.7 Å². The van der Waals surface area contributed by atoms with E-state index < -0.39 is 118 Å². The summed E-state index contributed by atoms with van der Waals surface area (Å²) in [5.74, 6) is 0. The molecule has 0 spiro atoms. The maximum absolute atomic E-state index is 11.2. The van der Waals surface area contributed by atoms with Gasteiger partial charge in [-0.2, -0.15) is 6.42 Å². The van der Waals surface area contributed by atoms with Crippen molar-refractivity contribution in [2.45, 2.75) is 252 Å². The minimum Gasteiger partial charge on any atom is -1.00 e. The van der Waals surface area contributed by atoms with Gasteiger partial charge in [0.05, 0.1) is 17.1 Å². The van der Waals surface area contributed by atoms with Gasteiger partial charge in [0.25, 0.3) is 0 Å². The first-order valence-corrected chi connectivity index (χ1v) is 70.6. The van der Waals surface area contributed by atoms with Crippen molar-refractivity contribution in [2.75, 3.05) is 46.2 Å². The van der Waals surface area contributed by atoms with Crippen LogP contribution >= 0.6 is 11.1 Å². The van der Waals surface area contributed by atoms with Crippen LogP contribution in [0.1, 0.15) is 89.0 Å². The molecule has 0 amide bonds. The second-order valence-corrected chi connectivity index (χ2v) is 76.1. The molecule has 1 saturated heterocycles. The number of unbranched alkanes of at least 4 members (excludes halogenated alkanes) is 1. The maximum Gasteiger partial charge on any atom is 1.00 e. The summed E-state index contributed by atoms with van der Waals surface area (Å²) >= 11 is 5.91. The Bertz CT molecular complexity index is 1710. The average Bonchev–Trinajstić information content (AvgIpc) is 3.32. The van der Waals surface area contributed by atoms with E-state index in [0.29, 0.717) is 39.6 Å². The summed E-state index contributed by atoms with van der Waals surface area (Å²) in [6.45, 7) is 88.6. The molecule has 1 aliphatic rings. The summed E-state index contributed by atoms with van der Waals surface area (Å²) in [7, 11) is -30.6. The third-order valence-electron chi connectivity index (χ3n) is 9.76. The molecule has 1 fully saturated rings. The Morgan fingerprint density at radius 3 is 0.898 bits per heavy atom. The van der Waals surface area contributed by atoms with Crippen molar-refractivity contribution in [2.24, 2.45) is 0 Å². The van der Waals surface area contributed by atoms with Crippen molar-refractivity contribution < 1.29 is 205 Å². The standard InChI is InChI=1S/C12H30O5Si3.C10H26O3Si3.C6H15ClO3Si.2C6H15O2Si2.C4H10OSi.2C4H9OSi.C4H9.2CH4.ClH.6Li/c1-9-13-20(14-10-2,15-11-3)17-19(7,8)16-18(5,6)12-4;1-14(2)10-8-7-9-11-15(3,4)13-16(5,6)12-14;1-4-8-11(7,9-5-2)10-6-3;2*1-6-9(2,3)8-10(4,5)7;3*1-4-6(2,3)5;1-3-4-2;;;;;;;;;/h12H,4,9-11H2,1-3,5-8H3;7-10H2,1-6H3;4-6H2,1-3H3;2*6H,1H2,2-5H3;4-5H,1H2,2-3H3;2*4H,1H2,2-3H3;1,3-4H2,2H3;2*1H4;1H;;;;;;/q;;;2*-1;;3*-1;;;;6*+1/p-1. The predicted molar refractivity (Wildman–Crippen MR) is 421 cm³/mol. The molecule has 0 aliphatic carbocycles. The molecule has 0 radical (unpaired) electrons. The molecule has 0 atom stereocenters. The summed E-state index contributed by atoms with van der Waals surface area (Å²) in [4.78, 5) is 52.2. The van der Waals surface area contributed by atoms with Crippen LogP contribution in [0.5, 0.6) is 0 Å². The van der Waals surface area contributed by atoms with Crippen molar-refractivity contribution >= 4 is 129 Å². The average molecular weight is 1640 g/mol. The Balaban J connectivity index is -0.0000000515. The second-order valence-electron chi connectivity index (χ2n) is 26.0. The van der Waals surface area contributed by atoms with E-state index in [4.69, 9.17) is 71.5 Å². The van der Waals surface area contributed by atoms with Gasteiger partial charge in [-0.1, -0.05) is 121 Å². The monoisotopic (exact) mass is 1630 g/mol. The topological polar surface area (TPSA) is 232 Å². The van der Waals surface area contributed by atoms with Crippen molar-refractivity contribution in [1.82, 2.24) is 0 Å². The van der Waals surface area contributed by atoms with Crippen LogP contribution in [0.4, 0.5) is 0 Å². The molecule has 0 aromatic heterocycles. The van der Waals surface area contributed by atoms with Gasteiger partial charge < -0.3 is 99.0 Å². The van der Waals surface area contributed by atoms with E-state index in [2.05, 4.69) is 106 Å². The van der Waals surface area contributed by atoms with Gasteiger partial charge in [-0.3, -0.25) is 0 Å². The molecule has 0 unspecified atom stereocenters. The molecule has 1 N–H and O–H groups in total. The molecular formula is C58H146Cl2Li6O18Si14. The van der Waals surface area contributed by atoms with Crippen molar-refractivity contribution in [1.29, 1.82) is 0 Å². The van der Waals surface area contributed by atoms with Gasteiger partial charge in [0, 0.05) is 46.2 Å². The summed E-state index contributed by atoms with van der Waals surface area (Å²) in [6, 6.07) is 1.22. The molecule has 1 rings (SSSR count). The number of rotatable bonds is 27. The Morgan fingerprint density at radius 2 is 0.704 bits per heavy atom. The SMILES string of the molecule is C.C.C=C[Si](C)(C)O.C=C[Si](C)(C)O[Si](C)(C)O[Si](OCC)(OCC)OCC.C=C[Si](C)(C)O[Si](C)(C)[O-].C=C[Si](C)(C)O[Si](C)(C)[O-].C=C[Si](C)(C)[O-].C=C[Si](C)(C)[O-].CCO[Si](Cl)(OCC)OCC.C[Si]1(C)CCCCO[Si](C)(C)O[Si](C)(C)O1.[CH2-]CCC.[Cl-].[Li+].[Li+].[Li+].[Li+].[Li+].[Li+]. The molecule has 40 heteroatoms. The molecule has 0 aromatic rings. The van der Waals surface area contributed by atoms with Crippen LogP contribution in [0.2, 0.25) is 163 Å². The quantitative estimate of drug-likeness (QED) is 0.0458. The molecule has 562 valence electrons. The van der Waals surface area contributed by atoms with E-state index in [0.717, 1.165) is 19.4 Å². The van der Waals surface area contributed by atoms with Crippen molar-refractivity contribution in [3.05, 3.63) is 80.6 Å². The molecular weight excluding hydrogens is 1490 g/mol. The molecule has 18 nitrogen and oxygen atoms in total. The number of halogens is 2. The molecule has 0 saturated carbocycles. The van der Waals surface area contributed by atoms with E-state index in [-0.39, 0.29) is 140 Å². The van der Waals surface area contributed by atoms with E-state index in [1.165, 1.54) is 30.3 Å². The summed E-state index contributed by atoms with van der Waals surface area (Å²) in [5.41, 5.74) is 10.2. The van der Waals surface area contributed by atoms with E-state index in [1.807, 2.05) is 99.6 Å². The third-order valence-corrected chi connectivity index (χ3v) is 46.2. The zero-order chi connectivity index (χ0) is 72.9. The first-order valence-electron chi connectivity index (χ1n) is 31.1. The Kier molecular flexibility index (Phi) is 107. The fourth-order valence-corrected chi connectivity index (χ4v) is 42.5. The van der Waals surface area contributed by atoms with Gasteiger partial charge in [-0.25, -0.2) is 0 Å². The largest absolute Gasteiger partial charge is 1.00 e. The minimum absolute atomic E-state index is 0. The summed E-state index contributed by atoms with van der Waals surface area (Å²) in [6.07, 6.45) is 4.65. The number of hydrogen-bond donors (Lipinski definition) is 1. The summed E-state index contributed by atoms with van der Waals surface area (Å²) in [5, 5.41) is 0. The van der Waals surface area contributed by atoms with Crippen molar-refractivity contribution in [3.8, 4) is 0 Å². The Hall–Kier alpha value is 4.92. The van der Waals surface area contributed by atoms with Crippen LogP contribution in [-0.4, -0.2) is 169 Å². The van der Waals surface area contributed by atoms with Gasteiger partial charge in [-0.05, 0) is 175 Å². The second kappa shape index (κ2) is 72.2. The smallest absolute Gasteiger partial charge is 1.00 e. The Labute approximate surface area is 705 Å². The zero-order valence-electron chi connectivity index (χ0n) is 69.0. The van der Waals surface area contributed by atoms with Crippen LogP contribution in [0, 0.1) is 6.92 Å². The van der Waals surface area contributed by atoms with Crippen LogP contribution in [0.25, 0.3) is 0 Å². The first-order chi connectivity index (χ1) is 39.6. The van der Waals surface area contributed by atoms with Gasteiger partial charge in [0.1, 0.15) is 0 Å². The first kappa shape index (κ1) is 145. The van der Waals surface area contributed by atoms with Gasteiger partial charge >= 0.3 is 156 Å². The van der Waals surface area contributed by atoms with E-state index in [1.54, 1.807) is 69.5 Å². The normalized spacial score (nSPS) is 14.0. The van der Waals surface area contributed by atoms with E-state index >= 15 is 0 Å². The zero-order valence-corrected chi connectivity index (χ0v) is 84.6. The number of hydrogen-bond acceptors (Lipinski definition) is 18. The van der Waals surface area contributed by atoms with Crippen LogP contribution in [0.15, 0.2) is 73.7 Å². The molecule has 0 aromatic carbocycles. The fourth-order valence-electron chi connectivity index (χ4n) is 6.06. The molecule has 1 aliphatic heterocycles. The molecule has 98 heavy (non-hydrogen) atoms. The van der Waals surface area contributed by atoms with Crippen molar-refractivity contribution in [3.63, 3.8) is 0 Å². The predicted octanol–water partition coefficient (Wildman–Crippen LogP) is -6.22. The summed E-state index contributed by atoms with van der Waals surface area (Å²) < 4.78 is 74.2. The van der Waals surface area contributed by atoms with Crippen LogP contribution in [0.3, 0.4) is 0 Å². The third kappa shape index (κ3) is 114. The van der Waals surface area contributed by atoms with Gasteiger partial charge in [0.2, 0.25) is 8.32 Å². The minimum atomic E-state index is -3.12. The van der Waals surface area contributed by atoms with Gasteiger partial charge in [0.15, 0.2) is 33.3 Å². The Morgan fingerprint density at radius 1 is 0.449 bits per heavy atom. The fraction of sp³-hybridized carbons (Fsp3) is 0.776. The van der Waals surface area contributed by atoms with Gasteiger partial charge in [-0.15, -0.1) is 50.9 Å².